The van der Waals surface area contributed by atoms with Crippen molar-refractivity contribution < 1.29 is 22.7 Å². The molecule has 0 aliphatic carbocycles. The molecule has 4 rings (SSSR count). The van der Waals surface area contributed by atoms with Gasteiger partial charge >= 0.3 is 0 Å². The lowest BCUT2D eigenvalue weighted by atomic mass is 9.89. The van der Waals surface area contributed by atoms with Gasteiger partial charge in [-0.15, -0.1) is 0 Å². The number of fused-ring (bicyclic) bond motifs is 1. The third kappa shape index (κ3) is 5.08. The molecule has 2 aliphatic heterocycles. The monoisotopic (exact) mass is 444 g/mol. The second kappa shape index (κ2) is 8.61. The van der Waals surface area contributed by atoms with E-state index in [-0.39, 0.29) is 23.3 Å². The zero-order valence-electron chi connectivity index (χ0n) is 17.8. The molecule has 8 heteroatoms. The normalized spacial score (nSPS) is 21.0. The van der Waals surface area contributed by atoms with Crippen LogP contribution >= 0.6 is 0 Å². The third-order valence-corrected chi connectivity index (χ3v) is 7.46. The number of nitrogens with zero attached hydrogens (tertiary/aromatic N) is 1. The lowest BCUT2D eigenvalue weighted by Gasteiger charge is -2.37. The first-order chi connectivity index (χ1) is 14.7. The van der Waals surface area contributed by atoms with E-state index in [9.17, 15) is 13.2 Å². The molecule has 0 aromatic heterocycles. The lowest BCUT2D eigenvalue weighted by molar-refractivity contribution is 0.0619. The Morgan fingerprint density at radius 1 is 1.10 bits per heavy atom. The van der Waals surface area contributed by atoms with Crippen LogP contribution in [-0.2, 0) is 20.5 Å². The van der Waals surface area contributed by atoms with Crippen molar-refractivity contribution in [1.82, 2.24) is 9.62 Å². The number of carbonyl (C=O) groups is 1. The van der Waals surface area contributed by atoms with E-state index in [1.807, 2.05) is 38.1 Å². The van der Waals surface area contributed by atoms with Crippen LogP contribution in [0.5, 0.6) is 5.75 Å². The highest BCUT2D eigenvalue weighted by atomic mass is 32.2. The van der Waals surface area contributed by atoms with Crippen LogP contribution < -0.4 is 10.1 Å². The molecule has 2 aromatic carbocycles. The lowest BCUT2D eigenvalue weighted by Crippen LogP contribution is -2.41. The number of benzene rings is 2. The molecule has 0 unspecified atom stereocenters. The van der Waals surface area contributed by atoms with Crippen molar-refractivity contribution in [1.29, 1.82) is 0 Å². The minimum atomic E-state index is -3.40. The fourth-order valence-electron chi connectivity index (χ4n) is 4.05. The van der Waals surface area contributed by atoms with E-state index in [1.165, 1.54) is 4.31 Å². The van der Waals surface area contributed by atoms with Gasteiger partial charge in [0.1, 0.15) is 11.4 Å². The Balaban J connectivity index is 1.44. The highest BCUT2D eigenvalue weighted by Gasteiger charge is 2.34. The number of morpholine rings is 1. The first-order valence-electron chi connectivity index (χ1n) is 10.5. The second-order valence-electron chi connectivity index (χ2n) is 8.59. The van der Waals surface area contributed by atoms with Crippen molar-refractivity contribution >= 4 is 15.9 Å². The Kier molecular flexibility index (Phi) is 6.05. The first kappa shape index (κ1) is 21.8. The van der Waals surface area contributed by atoms with Gasteiger partial charge in [0.25, 0.3) is 5.91 Å². The highest BCUT2D eigenvalue weighted by Crippen LogP contribution is 2.39. The van der Waals surface area contributed by atoms with Gasteiger partial charge in [0.15, 0.2) is 0 Å². The van der Waals surface area contributed by atoms with Crippen LogP contribution in [0.3, 0.4) is 0 Å². The van der Waals surface area contributed by atoms with Crippen molar-refractivity contribution in [3.8, 4) is 5.75 Å². The number of carbonyl (C=O) groups excluding carboxylic acids is 1. The van der Waals surface area contributed by atoms with E-state index in [2.05, 4.69) is 5.32 Å². The number of rotatable bonds is 5. The Bertz CT molecular complexity index is 1040. The third-order valence-electron chi connectivity index (χ3n) is 5.61. The summed E-state index contributed by atoms with van der Waals surface area (Å²) < 4.78 is 37.9. The molecule has 1 saturated heterocycles. The summed E-state index contributed by atoms with van der Waals surface area (Å²) in [6.07, 6.45) is 0.658. The molecule has 1 N–H and O–H groups in total. The summed E-state index contributed by atoms with van der Waals surface area (Å²) in [5, 5.41) is 3.11. The number of ether oxygens (including phenoxy) is 2. The van der Waals surface area contributed by atoms with Gasteiger partial charge in [-0.2, -0.15) is 4.31 Å². The minimum absolute atomic E-state index is 0.0869. The van der Waals surface area contributed by atoms with Crippen molar-refractivity contribution in [2.24, 2.45) is 0 Å². The van der Waals surface area contributed by atoms with Gasteiger partial charge in [-0.05, 0) is 37.6 Å². The Hall–Kier alpha value is -2.42. The summed E-state index contributed by atoms with van der Waals surface area (Å²) in [4.78, 5) is 12.9. The van der Waals surface area contributed by atoms with Gasteiger partial charge in [-0.3, -0.25) is 4.79 Å². The van der Waals surface area contributed by atoms with Gasteiger partial charge in [0.2, 0.25) is 10.0 Å². The number of hydrogen-bond donors (Lipinski definition) is 1. The van der Waals surface area contributed by atoms with Gasteiger partial charge in [0, 0.05) is 30.6 Å². The van der Waals surface area contributed by atoms with Crippen LogP contribution in [-0.4, -0.2) is 50.5 Å². The van der Waals surface area contributed by atoms with E-state index in [1.54, 1.807) is 24.3 Å². The Morgan fingerprint density at radius 2 is 1.77 bits per heavy atom. The average molecular weight is 445 g/mol. The maximum Gasteiger partial charge on any atom is 0.251 e. The number of sulfonamides is 1. The van der Waals surface area contributed by atoms with Gasteiger partial charge in [-0.1, -0.05) is 30.3 Å². The number of para-hydroxylation sites is 1. The number of nitrogens with one attached hydrogen (secondary N) is 1. The first-order valence-corrected chi connectivity index (χ1v) is 12.1. The largest absolute Gasteiger partial charge is 0.487 e. The average Bonchev–Trinajstić information content (AvgIpc) is 2.74. The number of amides is 1. The maximum atomic E-state index is 12.9. The van der Waals surface area contributed by atoms with Crippen molar-refractivity contribution in [3.63, 3.8) is 0 Å². The van der Waals surface area contributed by atoms with Gasteiger partial charge < -0.3 is 14.8 Å². The van der Waals surface area contributed by atoms with Crippen LogP contribution in [0.15, 0.2) is 48.5 Å². The van der Waals surface area contributed by atoms with E-state index >= 15 is 0 Å². The standard InChI is InChI=1S/C23H28N2O5S/c1-23(2)15-20(19-5-3-4-6-21(19)30-23)24-22(26)18-9-7-17(8-10-18)16-31(27,28)25-11-13-29-14-12-25/h3-10,20H,11-16H2,1-2H3,(H,24,26)/t20-/m0/s1. The molecule has 166 valence electrons. The van der Waals surface area contributed by atoms with E-state index in [0.29, 0.717) is 43.9 Å². The zero-order chi connectivity index (χ0) is 22.1. The Morgan fingerprint density at radius 3 is 2.48 bits per heavy atom. The van der Waals surface area contributed by atoms with Crippen LogP contribution in [0.2, 0.25) is 0 Å². The predicted molar refractivity (Wildman–Crippen MR) is 117 cm³/mol. The molecule has 0 spiro atoms. The molecule has 0 saturated carbocycles. The summed E-state index contributed by atoms with van der Waals surface area (Å²) in [5.41, 5.74) is 1.72. The van der Waals surface area contributed by atoms with Crippen LogP contribution in [0, 0.1) is 0 Å². The van der Waals surface area contributed by atoms with Crippen molar-refractivity contribution in [2.75, 3.05) is 26.3 Å². The predicted octanol–water partition coefficient (Wildman–Crippen LogP) is 2.88. The molecule has 2 aromatic rings. The van der Waals surface area contributed by atoms with E-state index in [0.717, 1.165) is 11.3 Å². The molecule has 2 heterocycles. The summed E-state index contributed by atoms with van der Waals surface area (Å²) in [5.74, 6) is 0.504. The molecule has 2 aliphatic rings. The van der Waals surface area contributed by atoms with Gasteiger partial charge in [-0.25, -0.2) is 8.42 Å². The summed E-state index contributed by atoms with van der Waals surface area (Å²) >= 11 is 0. The number of hydrogen-bond acceptors (Lipinski definition) is 5. The van der Waals surface area contributed by atoms with Gasteiger partial charge in [0.05, 0.1) is 25.0 Å². The molecule has 0 radical (unpaired) electrons. The smallest absolute Gasteiger partial charge is 0.251 e. The van der Waals surface area contributed by atoms with Crippen LogP contribution in [0.4, 0.5) is 0 Å². The summed E-state index contributed by atoms with van der Waals surface area (Å²) in [7, 11) is -3.40. The topological polar surface area (TPSA) is 84.9 Å². The molecular formula is C23H28N2O5S. The van der Waals surface area contributed by atoms with Crippen molar-refractivity contribution in [3.05, 3.63) is 65.2 Å². The zero-order valence-corrected chi connectivity index (χ0v) is 18.7. The SMILES string of the molecule is CC1(C)C[C@H](NC(=O)c2ccc(CS(=O)(=O)N3CCOCC3)cc2)c2ccccc2O1. The van der Waals surface area contributed by atoms with Crippen LogP contribution in [0.1, 0.15) is 47.8 Å². The molecular weight excluding hydrogens is 416 g/mol. The fraction of sp³-hybridized carbons (Fsp3) is 0.435. The minimum Gasteiger partial charge on any atom is -0.487 e. The molecule has 7 nitrogen and oxygen atoms in total. The maximum absolute atomic E-state index is 12.9. The summed E-state index contributed by atoms with van der Waals surface area (Å²) in [6.45, 7) is 5.62. The molecule has 1 amide bonds. The van der Waals surface area contributed by atoms with E-state index < -0.39 is 10.0 Å². The fourth-order valence-corrected chi connectivity index (χ4v) is 5.55. The molecule has 1 atom stereocenters. The summed E-state index contributed by atoms with van der Waals surface area (Å²) in [6, 6.07) is 14.3. The molecule has 1 fully saturated rings. The molecule has 31 heavy (non-hydrogen) atoms. The Labute approximate surface area is 183 Å². The van der Waals surface area contributed by atoms with Crippen LogP contribution in [0.25, 0.3) is 0 Å². The molecule has 0 bridgehead atoms. The highest BCUT2D eigenvalue weighted by molar-refractivity contribution is 7.88. The second-order valence-corrected chi connectivity index (χ2v) is 10.6. The van der Waals surface area contributed by atoms with Crippen molar-refractivity contribution in [2.45, 2.75) is 37.7 Å². The van der Waals surface area contributed by atoms with E-state index in [4.69, 9.17) is 9.47 Å². The quantitative estimate of drug-likeness (QED) is 0.767.